The summed E-state index contributed by atoms with van der Waals surface area (Å²) in [5, 5.41) is 35.1. The van der Waals surface area contributed by atoms with Crippen molar-refractivity contribution in [2.75, 3.05) is 0 Å². The van der Waals surface area contributed by atoms with Crippen molar-refractivity contribution in [3.8, 4) is 6.07 Å². The number of aryl methyl sites for hydroxylation is 1. The maximum absolute atomic E-state index is 13.6. The lowest BCUT2D eigenvalue weighted by atomic mass is 9.94. The van der Waals surface area contributed by atoms with E-state index in [0.717, 1.165) is 30.5 Å². The van der Waals surface area contributed by atoms with E-state index in [1.807, 2.05) is 30.7 Å². The third kappa shape index (κ3) is 6.40. The first-order valence-corrected chi connectivity index (χ1v) is 12.8. The van der Waals surface area contributed by atoms with Crippen LogP contribution >= 0.6 is 11.6 Å². The van der Waals surface area contributed by atoms with Gasteiger partial charge in [-0.2, -0.15) is 5.26 Å². The molecule has 37 heavy (non-hydrogen) atoms. The number of carbonyl (C=O) groups is 1. The monoisotopic (exact) mass is 519 g/mol. The number of nitriles is 1. The third-order valence-corrected chi connectivity index (χ3v) is 6.88. The number of aromatic nitrogens is 6. The number of hydrogen-bond donors (Lipinski definition) is 2. The topological polar surface area (TPSA) is 133 Å². The molecule has 3 heterocycles. The van der Waals surface area contributed by atoms with Gasteiger partial charge in [0, 0.05) is 47.8 Å². The van der Waals surface area contributed by atoms with E-state index in [9.17, 15) is 15.2 Å². The van der Waals surface area contributed by atoms with Gasteiger partial charge in [0.1, 0.15) is 17.5 Å². The summed E-state index contributed by atoms with van der Waals surface area (Å²) in [7, 11) is 1.92. The average Bonchev–Trinajstić information content (AvgIpc) is 3.49. The summed E-state index contributed by atoms with van der Waals surface area (Å²) in [6.07, 6.45) is 5.83. The summed E-state index contributed by atoms with van der Waals surface area (Å²) in [5.74, 6) is 0.700. The average molecular weight is 520 g/mol. The number of aliphatic hydroxyl groups excluding tert-OH is 1. The molecule has 1 unspecified atom stereocenters. The molecule has 0 bridgehead atoms. The number of H-pyrrole nitrogens is 1. The van der Waals surface area contributed by atoms with Crippen LogP contribution < -0.4 is 0 Å². The highest BCUT2D eigenvalue weighted by molar-refractivity contribution is 6.30. The Hall–Kier alpha value is -3.61. The molecule has 192 valence electrons. The van der Waals surface area contributed by atoms with Crippen molar-refractivity contribution >= 4 is 28.4 Å². The Labute approximate surface area is 220 Å². The van der Waals surface area contributed by atoms with Crippen LogP contribution in [0.4, 0.5) is 0 Å². The number of rotatable bonds is 12. The molecule has 0 spiro atoms. The summed E-state index contributed by atoms with van der Waals surface area (Å²) < 4.78 is 1.97. The Morgan fingerprint density at radius 2 is 2.11 bits per heavy atom. The maximum atomic E-state index is 13.6. The van der Waals surface area contributed by atoms with Gasteiger partial charge in [-0.3, -0.25) is 4.79 Å². The largest absolute Gasteiger partial charge is 0.388 e. The summed E-state index contributed by atoms with van der Waals surface area (Å²) >= 11 is 6.04. The quantitative estimate of drug-likeness (QED) is 0.201. The van der Waals surface area contributed by atoms with Crippen LogP contribution in [0.25, 0.3) is 11.0 Å². The first kappa shape index (κ1) is 26.5. The summed E-state index contributed by atoms with van der Waals surface area (Å²) in [6.45, 7) is 2.00. The molecular formula is C27H30ClN7O2. The zero-order valence-electron chi connectivity index (χ0n) is 21.0. The van der Waals surface area contributed by atoms with E-state index in [2.05, 4.69) is 31.7 Å². The van der Waals surface area contributed by atoms with Crippen molar-refractivity contribution in [3.63, 3.8) is 0 Å². The van der Waals surface area contributed by atoms with Crippen LogP contribution in [0.15, 0.2) is 36.5 Å². The second-order valence-electron chi connectivity index (χ2n) is 9.54. The number of Topliss-reactive ketones (excluding diaryl/α,β-unsaturated/α-hetero) is 1. The van der Waals surface area contributed by atoms with Crippen LogP contribution in [0.3, 0.4) is 0 Å². The van der Waals surface area contributed by atoms with E-state index in [1.165, 1.54) is 6.20 Å². The number of pyridine rings is 1. The Kier molecular flexibility index (Phi) is 8.64. The maximum Gasteiger partial charge on any atom is 0.165 e. The minimum atomic E-state index is -0.553. The normalized spacial score (nSPS) is 12.9. The van der Waals surface area contributed by atoms with Gasteiger partial charge in [0.25, 0.3) is 0 Å². The number of hydrogen-bond acceptors (Lipinski definition) is 7. The lowest BCUT2D eigenvalue weighted by Crippen LogP contribution is -2.12. The molecule has 1 aromatic carbocycles. The van der Waals surface area contributed by atoms with Gasteiger partial charge in [-0.15, -0.1) is 5.10 Å². The van der Waals surface area contributed by atoms with E-state index in [4.69, 9.17) is 11.6 Å². The van der Waals surface area contributed by atoms with Crippen LogP contribution in [-0.4, -0.2) is 41.1 Å². The molecule has 9 nitrogen and oxygen atoms in total. The number of halogens is 1. The molecule has 0 saturated heterocycles. The third-order valence-electron chi connectivity index (χ3n) is 6.64. The molecule has 4 rings (SSSR count). The fourth-order valence-corrected chi connectivity index (χ4v) is 5.00. The van der Waals surface area contributed by atoms with Crippen molar-refractivity contribution in [2.24, 2.45) is 13.0 Å². The first-order chi connectivity index (χ1) is 17.9. The number of benzene rings is 1. The number of nitrogens with zero attached hydrogens (tertiary/aromatic N) is 6. The number of aromatic amines is 1. The highest BCUT2D eigenvalue weighted by Crippen LogP contribution is 2.29. The minimum absolute atomic E-state index is 0.0221. The molecular weight excluding hydrogens is 490 g/mol. The van der Waals surface area contributed by atoms with Gasteiger partial charge in [-0.05, 0) is 59.4 Å². The van der Waals surface area contributed by atoms with Gasteiger partial charge in [0.05, 0.1) is 11.7 Å². The molecule has 0 aliphatic rings. The lowest BCUT2D eigenvalue weighted by molar-refractivity contribution is 0.0964. The fraction of sp³-hybridized carbons (Fsp3) is 0.407. The molecule has 0 radical (unpaired) electrons. The number of unbranched alkanes of at least 4 members (excludes halogenated alkanes) is 2. The Morgan fingerprint density at radius 1 is 1.27 bits per heavy atom. The highest BCUT2D eigenvalue weighted by Gasteiger charge is 2.24. The second-order valence-corrected chi connectivity index (χ2v) is 9.98. The molecule has 0 saturated carbocycles. The van der Waals surface area contributed by atoms with Crippen molar-refractivity contribution in [1.82, 2.24) is 30.2 Å². The number of aliphatic hydroxyl groups is 1. The predicted octanol–water partition coefficient (Wildman–Crippen LogP) is 4.90. The van der Waals surface area contributed by atoms with Gasteiger partial charge in [-0.25, -0.2) is 10.1 Å². The molecule has 2 atom stereocenters. The van der Waals surface area contributed by atoms with Crippen LogP contribution in [0.2, 0.25) is 5.02 Å². The van der Waals surface area contributed by atoms with Gasteiger partial charge in [0.15, 0.2) is 5.78 Å². The summed E-state index contributed by atoms with van der Waals surface area (Å²) in [4.78, 5) is 18.0. The van der Waals surface area contributed by atoms with E-state index in [-0.39, 0.29) is 11.7 Å². The summed E-state index contributed by atoms with van der Waals surface area (Å²) in [5.41, 5.74) is 3.51. The van der Waals surface area contributed by atoms with E-state index < -0.39 is 6.10 Å². The molecule has 0 aliphatic heterocycles. The molecule has 0 aliphatic carbocycles. The van der Waals surface area contributed by atoms with Crippen LogP contribution in [0.5, 0.6) is 0 Å². The SMILES string of the molecule is C[C@@H](CC(=O)c1c(CCCCCC(O)c2cccc(Cl)c2)n(C)c2ncc(C#N)cc12)Cc1nnn[nH]1. The summed E-state index contributed by atoms with van der Waals surface area (Å²) in [6, 6.07) is 11.2. The number of nitrogens with one attached hydrogen (secondary N) is 1. The molecule has 3 aromatic heterocycles. The molecule has 4 aromatic rings. The molecule has 10 heteroatoms. The van der Waals surface area contributed by atoms with Gasteiger partial charge in [0.2, 0.25) is 0 Å². The Bertz CT molecular complexity index is 1410. The van der Waals surface area contributed by atoms with Crippen molar-refractivity contribution in [2.45, 2.75) is 58.0 Å². The number of tetrazole rings is 1. The van der Waals surface area contributed by atoms with Crippen molar-refractivity contribution in [1.29, 1.82) is 5.26 Å². The zero-order valence-corrected chi connectivity index (χ0v) is 21.7. The number of ketones is 1. The lowest BCUT2D eigenvalue weighted by Gasteiger charge is -2.12. The van der Waals surface area contributed by atoms with Crippen molar-refractivity contribution < 1.29 is 9.90 Å². The van der Waals surface area contributed by atoms with Gasteiger partial charge in [-0.1, -0.05) is 43.5 Å². The molecule has 0 amide bonds. The standard InChI is InChI=1S/C27H30ClN7O2/c1-17(12-25-31-33-34-32-25)11-24(37)26-21-13-18(15-29)16-30-27(21)35(2)22(26)9-4-3-5-10-23(36)19-7-6-8-20(28)14-19/h6-8,13-14,16-17,23,36H,3-5,9-12H2,1-2H3,(H,31,32,33,34)/t17-,23?/m0/s1. The van der Waals surface area contributed by atoms with Crippen LogP contribution in [0, 0.1) is 17.2 Å². The van der Waals surface area contributed by atoms with E-state index >= 15 is 0 Å². The van der Waals surface area contributed by atoms with Crippen molar-refractivity contribution in [3.05, 3.63) is 69.8 Å². The van der Waals surface area contributed by atoms with Gasteiger partial charge >= 0.3 is 0 Å². The van der Waals surface area contributed by atoms with E-state index in [1.54, 1.807) is 18.2 Å². The molecule has 2 N–H and O–H groups in total. The zero-order chi connectivity index (χ0) is 26.4. The predicted molar refractivity (Wildman–Crippen MR) is 140 cm³/mol. The fourth-order valence-electron chi connectivity index (χ4n) is 4.80. The molecule has 0 fully saturated rings. The smallest absolute Gasteiger partial charge is 0.165 e. The van der Waals surface area contributed by atoms with Gasteiger partial charge < -0.3 is 9.67 Å². The van der Waals surface area contributed by atoms with Crippen LogP contribution in [0.1, 0.15) is 78.1 Å². The first-order valence-electron chi connectivity index (χ1n) is 12.4. The number of fused-ring (bicyclic) bond motifs is 1. The Morgan fingerprint density at radius 3 is 2.84 bits per heavy atom. The minimum Gasteiger partial charge on any atom is -0.388 e. The second kappa shape index (κ2) is 12.1. The Balaban J connectivity index is 1.46. The highest BCUT2D eigenvalue weighted by atomic mass is 35.5. The number of carbonyl (C=O) groups excluding carboxylic acids is 1. The van der Waals surface area contributed by atoms with E-state index in [0.29, 0.717) is 58.7 Å². The van der Waals surface area contributed by atoms with Crippen LogP contribution in [-0.2, 0) is 19.9 Å².